The van der Waals surface area contributed by atoms with Crippen molar-refractivity contribution in [2.45, 2.75) is 53.4 Å². The molecule has 1 fully saturated rings. The average Bonchev–Trinajstić information content (AvgIpc) is 2.24. The molecule has 0 saturated heterocycles. The van der Waals surface area contributed by atoms with Crippen molar-refractivity contribution in [2.24, 2.45) is 17.3 Å². The average molecular weight is 238 g/mol. The minimum atomic E-state index is -0.259. The molecule has 1 aliphatic rings. The fourth-order valence-corrected chi connectivity index (χ4v) is 3.02. The Morgan fingerprint density at radius 3 is 2.65 bits per heavy atom. The Labute approximate surface area is 105 Å². The molecule has 0 N–H and O–H groups in total. The first kappa shape index (κ1) is 14.3. The fourth-order valence-electron chi connectivity index (χ4n) is 3.02. The Hall–Kier alpha value is -0.790. The van der Waals surface area contributed by atoms with Gasteiger partial charge in [0.15, 0.2) is 0 Å². The Morgan fingerprint density at radius 1 is 1.47 bits per heavy atom. The smallest absolute Gasteiger partial charge is 0.333 e. The highest BCUT2D eigenvalue weighted by Gasteiger charge is 2.35. The van der Waals surface area contributed by atoms with Crippen molar-refractivity contribution in [1.29, 1.82) is 0 Å². The van der Waals surface area contributed by atoms with Gasteiger partial charge in [0.1, 0.15) is 0 Å². The normalized spacial score (nSPS) is 25.1. The monoisotopic (exact) mass is 238 g/mol. The standard InChI is InChI=1S/C15H26O2/c1-11(2)14(16)17-10-12(3)13-8-6-7-9-15(13,4)5/h12-13H,1,6-10H2,2-5H3. The highest BCUT2D eigenvalue weighted by atomic mass is 16.5. The molecule has 0 amide bonds. The summed E-state index contributed by atoms with van der Waals surface area (Å²) in [6.07, 6.45) is 5.20. The number of hydrogen-bond donors (Lipinski definition) is 0. The summed E-state index contributed by atoms with van der Waals surface area (Å²) >= 11 is 0. The van der Waals surface area contributed by atoms with Gasteiger partial charge in [0.25, 0.3) is 0 Å². The molecule has 0 spiro atoms. The van der Waals surface area contributed by atoms with Crippen molar-refractivity contribution in [2.75, 3.05) is 6.61 Å². The van der Waals surface area contributed by atoms with Gasteiger partial charge in [0.2, 0.25) is 0 Å². The predicted octanol–water partition coefficient (Wildman–Crippen LogP) is 3.96. The van der Waals surface area contributed by atoms with E-state index in [2.05, 4.69) is 27.4 Å². The number of carbonyl (C=O) groups is 1. The maximum absolute atomic E-state index is 11.4. The van der Waals surface area contributed by atoms with E-state index in [0.29, 0.717) is 29.4 Å². The van der Waals surface area contributed by atoms with Gasteiger partial charge < -0.3 is 4.74 Å². The van der Waals surface area contributed by atoms with Gasteiger partial charge in [0, 0.05) is 5.57 Å². The van der Waals surface area contributed by atoms with Crippen molar-refractivity contribution < 1.29 is 9.53 Å². The molecule has 2 atom stereocenters. The van der Waals surface area contributed by atoms with Gasteiger partial charge in [-0.15, -0.1) is 0 Å². The topological polar surface area (TPSA) is 26.3 Å². The molecule has 0 aliphatic heterocycles. The number of hydrogen-bond acceptors (Lipinski definition) is 2. The summed E-state index contributed by atoms with van der Waals surface area (Å²) in [5.41, 5.74) is 0.868. The van der Waals surface area contributed by atoms with Gasteiger partial charge in [-0.25, -0.2) is 4.79 Å². The quantitative estimate of drug-likeness (QED) is 0.547. The van der Waals surface area contributed by atoms with E-state index in [-0.39, 0.29) is 5.97 Å². The molecule has 0 radical (unpaired) electrons. The van der Waals surface area contributed by atoms with E-state index in [9.17, 15) is 4.79 Å². The van der Waals surface area contributed by atoms with Crippen molar-refractivity contribution >= 4 is 5.97 Å². The predicted molar refractivity (Wildman–Crippen MR) is 70.7 cm³/mol. The third-order valence-electron chi connectivity index (χ3n) is 4.10. The van der Waals surface area contributed by atoms with Crippen LogP contribution < -0.4 is 0 Å². The van der Waals surface area contributed by atoms with Gasteiger partial charge in [0.05, 0.1) is 6.61 Å². The molecule has 98 valence electrons. The van der Waals surface area contributed by atoms with Gasteiger partial charge in [-0.2, -0.15) is 0 Å². The van der Waals surface area contributed by atoms with Crippen LogP contribution in [0, 0.1) is 17.3 Å². The molecule has 2 nitrogen and oxygen atoms in total. The van der Waals surface area contributed by atoms with E-state index in [1.165, 1.54) is 25.7 Å². The third kappa shape index (κ3) is 3.86. The minimum Gasteiger partial charge on any atom is -0.462 e. The van der Waals surface area contributed by atoms with Gasteiger partial charge >= 0.3 is 5.97 Å². The van der Waals surface area contributed by atoms with Crippen LogP contribution in [0.1, 0.15) is 53.4 Å². The van der Waals surface area contributed by atoms with Gasteiger partial charge in [-0.1, -0.05) is 40.2 Å². The lowest BCUT2D eigenvalue weighted by molar-refractivity contribution is -0.141. The molecule has 1 rings (SSSR count). The second-order valence-electron chi connectivity index (χ2n) is 6.20. The molecular weight excluding hydrogens is 212 g/mol. The van der Waals surface area contributed by atoms with Crippen LogP contribution in [0.4, 0.5) is 0 Å². The summed E-state index contributed by atoms with van der Waals surface area (Å²) in [5.74, 6) is 0.841. The minimum absolute atomic E-state index is 0.259. The largest absolute Gasteiger partial charge is 0.462 e. The molecule has 0 aromatic carbocycles. The first-order valence-corrected chi connectivity index (χ1v) is 6.67. The van der Waals surface area contributed by atoms with Crippen molar-refractivity contribution in [3.05, 3.63) is 12.2 Å². The Balaban J connectivity index is 2.48. The second-order valence-corrected chi connectivity index (χ2v) is 6.20. The molecular formula is C15H26O2. The van der Waals surface area contributed by atoms with Crippen LogP contribution in [0.3, 0.4) is 0 Å². The van der Waals surface area contributed by atoms with Crippen molar-refractivity contribution in [1.82, 2.24) is 0 Å². The first-order valence-electron chi connectivity index (χ1n) is 6.67. The summed E-state index contributed by atoms with van der Waals surface area (Å²) in [5, 5.41) is 0. The second kappa shape index (κ2) is 5.70. The summed E-state index contributed by atoms with van der Waals surface area (Å²) < 4.78 is 5.27. The van der Waals surface area contributed by atoms with Gasteiger partial charge in [-0.3, -0.25) is 0 Å². The van der Waals surface area contributed by atoms with Crippen LogP contribution in [-0.4, -0.2) is 12.6 Å². The Kier molecular flexibility index (Phi) is 4.79. The third-order valence-corrected chi connectivity index (χ3v) is 4.10. The SMILES string of the molecule is C=C(C)C(=O)OCC(C)C1CCCCC1(C)C. The molecule has 0 aromatic heterocycles. The summed E-state index contributed by atoms with van der Waals surface area (Å²) in [7, 11) is 0. The molecule has 0 aromatic rings. The van der Waals surface area contributed by atoms with Gasteiger partial charge in [-0.05, 0) is 37.0 Å². The molecule has 2 heteroatoms. The summed E-state index contributed by atoms with van der Waals surface area (Å²) in [4.78, 5) is 11.4. The highest BCUT2D eigenvalue weighted by molar-refractivity contribution is 5.86. The summed E-state index contributed by atoms with van der Waals surface area (Å²) in [6.45, 7) is 12.7. The van der Waals surface area contributed by atoms with E-state index in [1.807, 2.05) is 0 Å². The fraction of sp³-hybridized carbons (Fsp3) is 0.800. The Bertz CT molecular complexity index is 291. The van der Waals surface area contributed by atoms with Crippen LogP contribution in [-0.2, 0) is 9.53 Å². The number of ether oxygens (including phenoxy) is 1. The van der Waals surface area contributed by atoms with Crippen LogP contribution in [0.15, 0.2) is 12.2 Å². The maximum Gasteiger partial charge on any atom is 0.333 e. The zero-order valence-electron chi connectivity index (χ0n) is 11.7. The van der Waals surface area contributed by atoms with Crippen LogP contribution in [0.5, 0.6) is 0 Å². The van der Waals surface area contributed by atoms with E-state index in [1.54, 1.807) is 6.92 Å². The van der Waals surface area contributed by atoms with Crippen LogP contribution in [0.25, 0.3) is 0 Å². The highest BCUT2D eigenvalue weighted by Crippen LogP contribution is 2.44. The number of rotatable bonds is 4. The summed E-state index contributed by atoms with van der Waals surface area (Å²) in [6, 6.07) is 0. The van der Waals surface area contributed by atoms with Crippen molar-refractivity contribution in [3.8, 4) is 0 Å². The molecule has 17 heavy (non-hydrogen) atoms. The lowest BCUT2D eigenvalue weighted by atomic mass is 9.64. The molecule has 1 saturated carbocycles. The molecule has 1 aliphatic carbocycles. The van der Waals surface area contributed by atoms with E-state index < -0.39 is 0 Å². The lowest BCUT2D eigenvalue weighted by Gasteiger charge is -2.42. The van der Waals surface area contributed by atoms with E-state index in [4.69, 9.17) is 4.74 Å². The van der Waals surface area contributed by atoms with E-state index >= 15 is 0 Å². The van der Waals surface area contributed by atoms with E-state index in [0.717, 1.165) is 0 Å². The lowest BCUT2D eigenvalue weighted by Crippen LogP contribution is -2.34. The molecule has 2 unspecified atom stereocenters. The molecule has 0 bridgehead atoms. The first-order chi connectivity index (χ1) is 7.84. The Morgan fingerprint density at radius 2 is 2.12 bits per heavy atom. The maximum atomic E-state index is 11.4. The van der Waals surface area contributed by atoms with Crippen LogP contribution >= 0.6 is 0 Å². The number of carbonyl (C=O) groups excluding carboxylic acids is 1. The zero-order valence-corrected chi connectivity index (χ0v) is 11.7. The molecule has 0 heterocycles. The zero-order chi connectivity index (χ0) is 13.1. The van der Waals surface area contributed by atoms with Crippen LogP contribution in [0.2, 0.25) is 0 Å². The number of esters is 1. The van der Waals surface area contributed by atoms with Crippen molar-refractivity contribution in [3.63, 3.8) is 0 Å².